The molecule has 0 fully saturated rings. The molecule has 1 nitrogen and oxygen atoms in total. The van der Waals surface area contributed by atoms with Crippen molar-refractivity contribution in [2.75, 3.05) is 0 Å². The summed E-state index contributed by atoms with van der Waals surface area (Å²) in [6.45, 7) is 2.06. The van der Waals surface area contributed by atoms with Crippen LogP contribution in [-0.4, -0.2) is 6.10 Å². The average molecular weight is 328 g/mol. The molecule has 104 valence electrons. The lowest BCUT2D eigenvalue weighted by molar-refractivity contribution is 0.254. The molecule has 4 heteroatoms. The van der Waals surface area contributed by atoms with E-state index in [1.165, 1.54) is 5.56 Å². The van der Waals surface area contributed by atoms with E-state index in [9.17, 15) is 0 Å². The molecule has 1 heterocycles. The van der Waals surface area contributed by atoms with Crippen molar-refractivity contribution >= 4 is 34.8 Å². The molecular formula is C16H13Cl3O. The smallest absolute Gasteiger partial charge is 0.123 e. The largest absolute Gasteiger partial charge is 0.490 e. The van der Waals surface area contributed by atoms with Crippen LogP contribution in [0.15, 0.2) is 36.4 Å². The Hall–Kier alpha value is -0.890. The molecule has 0 saturated carbocycles. The number of benzene rings is 2. The molecule has 20 heavy (non-hydrogen) atoms. The van der Waals surface area contributed by atoms with Gasteiger partial charge in [0.2, 0.25) is 0 Å². The predicted octanol–water partition coefficient (Wildman–Crippen LogP) is 5.65. The van der Waals surface area contributed by atoms with Gasteiger partial charge in [-0.05, 0) is 47.9 Å². The molecule has 0 saturated heterocycles. The van der Waals surface area contributed by atoms with Crippen LogP contribution in [0.3, 0.4) is 0 Å². The van der Waals surface area contributed by atoms with Crippen molar-refractivity contribution in [1.82, 2.24) is 0 Å². The highest BCUT2D eigenvalue weighted by Gasteiger charge is 2.21. The second-order valence-electron chi connectivity index (χ2n) is 5.07. The maximum Gasteiger partial charge on any atom is 0.123 e. The first-order valence-electron chi connectivity index (χ1n) is 6.42. The minimum atomic E-state index is -0.271. The quantitative estimate of drug-likeness (QED) is 0.648. The van der Waals surface area contributed by atoms with Crippen molar-refractivity contribution in [3.63, 3.8) is 0 Å². The zero-order valence-corrected chi connectivity index (χ0v) is 13.1. The van der Waals surface area contributed by atoms with E-state index in [1.54, 1.807) is 6.07 Å². The highest BCUT2D eigenvalue weighted by molar-refractivity contribution is 6.35. The summed E-state index contributed by atoms with van der Waals surface area (Å²) in [5.41, 5.74) is 3.13. The Kier molecular flexibility index (Phi) is 3.85. The van der Waals surface area contributed by atoms with Gasteiger partial charge < -0.3 is 4.74 Å². The first kappa shape index (κ1) is 14.1. The van der Waals surface area contributed by atoms with E-state index in [-0.39, 0.29) is 11.5 Å². The van der Waals surface area contributed by atoms with Crippen molar-refractivity contribution in [1.29, 1.82) is 0 Å². The Balaban J connectivity index is 1.95. The second kappa shape index (κ2) is 5.48. The topological polar surface area (TPSA) is 9.23 Å². The third-order valence-electron chi connectivity index (χ3n) is 3.39. The lowest BCUT2D eigenvalue weighted by Crippen LogP contribution is -2.05. The van der Waals surface area contributed by atoms with Crippen molar-refractivity contribution in [2.24, 2.45) is 0 Å². The van der Waals surface area contributed by atoms with E-state index in [0.717, 1.165) is 23.3 Å². The highest BCUT2D eigenvalue weighted by atomic mass is 35.5. The SMILES string of the molecule is CC1Cc2cc(C(Cl)c3cc(Cl)cc(Cl)c3)ccc2O1. The Bertz CT molecular complexity index is 634. The third kappa shape index (κ3) is 2.76. The molecule has 1 aliphatic heterocycles. The molecule has 2 aromatic carbocycles. The van der Waals surface area contributed by atoms with Gasteiger partial charge in [-0.3, -0.25) is 0 Å². The van der Waals surface area contributed by atoms with Crippen molar-refractivity contribution in [2.45, 2.75) is 24.8 Å². The van der Waals surface area contributed by atoms with E-state index in [0.29, 0.717) is 10.0 Å². The van der Waals surface area contributed by atoms with Gasteiger partial charge in [-0.25, -0.2) is 0 Å². The molecule has 0 bridgehead atoms. The number of hydrogen-bond acceptors (Lipinski definition) is 1. The van der Waals surface area contributed by atoms with Crippen LogP contribution in [0.5, 0.6) is 5.75 Å². The normalized spacial score (nSPS) is 18.5. The summed E-state index contributed by atoms with van der Waals surface area (Å²) in [4.78, 5) is 0. The number of ether oxygens (including phenoxy) is 1. The number of fused-ring (bicyclic) bond motifs is 1. The summed E-state index contributed by atoms with van der Waals surface area (Å²) in [5, 5.41) is 0.917. The van der Waals surface area contributed by atoms with Gasteiger partial charge in [-0.1, -0.05) is 35.3 Å². The van der Waals surface area contributed by atoms with Crippen LogP contribution in [0.4, 0.5) is 0 Å². The van der Waals surface area contributed by atoms with Crippen molar-refractivity contribution < 1.29 is 4.74 Å². The van der Waals surface area contributed by atoms with Gasteiger partial charge in [-0.15, -0.1) is 11.6 Å². The van der Waals surface area contributed by atoms with E-state index in [4.69, 9.17) is 39.5 Å². The van der Waals surface area contributed by atoms with Crippen LogP contribution in [-0.2, 0) is 6.42 Å². The van der Waals surface area contributed by atoms with Gasteiger partial charge in [0, 0.05) is 16.5 Å². The van der Waals surface area contributed by atoms with E-state index < -0.39 is 0 Å². The van der Waals surface area contributed by atoms with Crippen LogP contribution in [0.1, 0.15) is 29.0 Å². The fourth-order valence-electron chi connectivity index (χ4n) is 2.51. The summed E-state index contributed by atoms with van der Waals surface area (Å²) < 4.78 is 5.70. The molecule has 2 aromatic rings. The minimum absolute atomic E-state index is 0.231. The van der Waals surface area contributed by atoms with Gasteiger partial charge in [0.25, 0.3) is 0 Å². The van der Waals surface area contributed by atoms with Crippen molar-refractivity contribution in [3.05, 3.63) is 63.1 Å². The van der Waals surface area contributed by atoms with Crippen LogP contribution < -0.4 is 4.74 Å². The van der Waals surface area contributed by atoms with Crippen LogP contribution in [0.2, 0.25) is 10.0 Å². The summed E-state index contributed by atoms with van der Waals surface area (Å²) in [5.74, 6) is 0.953. The molecule has 1 aliphatic rings. The zero-order chi connectivity index (χ0) is 14.3. The average Bonchev–Trinajstić information content (AvgIpc) is 2.75. The lowest BCUT2D eigenvalue weighted by Gasteiger charge is -2.12. The fraction of sp³-hybridized carbons (Fsp3) is 0.250. The first-order valence-corrected chi connectivity index (χ1v) is 7.61. The second-order valence-corrected chi connectivity index (χ2v) is 6.37. The lowest BCUT2D eigenvalue weighted by atomic mass is 10.0. The van der Waals surface area contributed by atoms with Gasteiger partial charge in [0.1, 0.15) is 11.9 Å². The molecule has 0 radical (unpaired) electrons. The van der Waals surface area contributed by atoms with Crippen LogP contribution in [0, 0.1) is 0 Å². The summed E-state index contributed by atoms with van der Waals surface area (Å²) in [7, 11) is 0. The Morgan fingerprint density at radius 3 is 2.45 bits per heavy atom. The summed E-state index contributed by atoms with van der Waals surface area (Å²) in [6, 6.07) is 11.5. The Morgan fingerprint density at radius 1 is 1.05 bits per heavy atom. The molecule has 3 rings (SSSR count). The molecular weight excluding hydrogens is 315 g/mol. The monoisotopic (exact) mass is 326 g/mol. The van der Waals surface area contributed by atoms with Crippen LogP contribution in [0.25, 0.3) is 0 Å². The Labute approximate surface area is 133 Å². The maximum atomic E-state index is 6.56. The van der Waals surface area contributed by atoms with Gasteiger partial charge in [0.05, 0.1) is 5.38 Å². The summed E-state index contributed by atoms with van der Waals surface area (Å²) in [6.07, 6.45) is 1.15. The van der Waals surface area contributed by atoms with Crippen LogP contribution >= 0.6 is 34.8 Å². The molecule has 2 unspecified atom stereocenters. The fourth-order valence-corrected chi connectivity index (χ4v) is 3.32. The zero-order valence-electron chi connectivity index (χ0n) is 10.9. The molecule has 0 spiro atoms. The predicted molar refractivity (Wildman–Crippen MR) is 84.4 cm³/mol. The van der Waals surface area contributed by atoms with Gasteiger partial charge in [-0.2, -0.15) is 0 Å². The molecule has 0 aromatic heterocycles. The number of alkyl halides is 1. The third-order valence-corrected chi connectivity index (χ3v) is 4.33. The Morgan fingerprint density at radius 2 is 1.75 bits per heavy atom. The number of rotatable bonds is 2. The van der Waals surface area contributed by atoms with E-state index >= 15 is 0 Å². The standard InChI is InChI=1S/C16H13Cl3O/c1-9-4-11-5-10(2-3-15(11)20-9)16(19)12-6-13(17)8-14(18)7-12/h2-3,5-9,16H,4H2,1H3. The van der Waals surface area contributed by atoms with Gasteiger partial charge >= 0.3 is 0 Å². The highest BCUT2D eigenvalue weighted by Crippen LogP contribution is 2.36. The number of halogens is 3. The van der Waals surface area contributed by atoms with E-state index in [1.807, 2.05) is 24.3 Å². The van der Waals surface area contributed by atoms with Crippen molar-refractivity contribution in [3.8, 4) is 5.75 Å². The van der Waals surface area contributed by atoms with E-state index in [2.05, 4.69) is 13.0 Å². The van der Waals surface area contributed by atoms with Gasteiger partial charge in [0.15, 0.2) is 0 Å². The first-order chi connectivity index (χ1) is 9.52. The molecule has 0 amide bonds. The summed E-state index contributed by atoms with van der Waals surface area (Å²) >= 11 is 18.6. The molecule has 2 atom stereocenters. The number of hydrogen-bond donors (Lipinski definition) is 0. The molecule has 0 aliphatic carbocycles. The maximum absolute atomic E-state index is 6.56. The molecule has 0 N–H and O–H groups in total. The minimum Gasteiger partial charge on any atom is -0.490 e.